The standard InChI is InChI=1S/C17H10ClNO3S2/c18-12-2-1-3-13(9-12)19-15(20)14(24-17(19)23)8-10-4-6-11(7-5-10)16(21)22/h1-9H,(H,21,22)/b14-8+. The second kappa shape index (κ2) is 6.76. The molecule has 1 aliphatic heterocycles. The first-order valence-electron chi connectivity index (χ1n) is 6.82. The van der Waals surface area contributed by atoms with Gasteiger partial charge in [-0.3, -0.25) is 9.69 Å². The number of carboxylic acids is 1. The van der Waals surface area contributed by atoms with E-state index in [0.29, 0.717) is 19.9 Å². The average molecular weight is 376 g/mol. The number of thiocarbonyl (C=S) groups is 1. The number of benzene rings is 2. The van der Waals surface area contributed by atoms with Crippen molar-refractivity contribution in [2.75, 3.05) is 4.90 Å². The number of hydrogen-bond donors (Lipinski definition) is 1. The quantitative estimate of drug-likeness (QED) is 0.634. The molecule has 0 bridgehead atoms. The fourth-order valence-electron chi connectivity index (χ4n) is 2.18. The fraction of sp³-hybridized carbons (Fsp3) is 0. The van der Waals surface area contributed by atoms with Crippen molar-refractivity contribution in [2.45, 2.75) is 0 Å². The number of hydrogen-bond acceptors (Lipinski definition) is 4. The first kappa shape index (κ1) is 16.7. The van der Waals surface area contributed by atoms with E-state index in [1.54, 1.807) is 42.5 Å². The monoisotopic (exact) mass is 375 g/mol. The first-order valence-corrected chi connectivity index (χ1v) is 8.43. The van der Waals surface area contributed by atoms with E-state index in [-0.39, 0.29) is 11.5 Å². The predicted octanol–water partition coefficient (Wildman–Crippen LogP) is 4.44. The van der Waals surface area contributed by atoms with Crippen molar-refractivity contribution < 1.29 is 14.7 Å². The molecule has 120 valence electrons. The van der Waals surface area contributed by atoms with Crippen molar-refractivity contribution in [2.24, 2.45) is 0 Å². The predicted molar refractivity (Wildman–Crippen MR) is 101 cm³/mol. The third-order valence-electron chi connectivity index (χ3n) is 3.32. The summed E-state index contributed by atoms with van der Waals surface area (Å²) in [6.07, 6.45) is 1.69. The summed E-state index contributed by atoms with van der Waals surface area (Å²) in [7, 11) is 0. The van der Waals surface area contributed by atoms with Gasteiger partial charge >= 0.3 is 5.97 Å². The summed E-state index contributed by atoms with van der Waals surface area (Å²) in [5.41, 5.74) is 1.54. The van der Waals surface area contributed by atoms with Gasteiger partial charge < -0.3 is 5.11 Å². The zero-order chi connectivity index (χ0) is 17.3. The van der Waals surface area contributed by atoms with Gasteiger partial charge in [-0.05, 0) is 42.0 Å². The highest BCUT2D eigenvalue weighted by Crippen LogP contribution is 2.36. The molecule has 1 heterocycles. The Hall–Kier alpha value is -2.15. The van der Waals surface area contributed by atoms with Gasteiger partial charge in [-0.1, -0.05) is 53.8 Å². The number of carbonyl (C=O) groups is 2. The van der Waals surface area contributed by atoms with Crippen molar-refractivity contribution in [1.29, 1.82) is 0 Å². The summed E-state index contributed by atoms with van der Waals surface area (Å²) in [6, 6.07) is 13.2. The molecule has 1 aliphatic rings. The maximum Gasteiger partial charge on any atom is 0.335 e. The van der Waals surface area contributed by atoms with Gasteiger partial charge in [0.15, 0.2) is 4.32 Å². The van der Waals surface area contributed by atoms with Crippen LogP contribution in [0, 0.1) is 0 Å². The molecular formula is C17H10ClNO3S2. The van der Waals surface area contributed by atoms with Gasteiger partial charge in [-0.25, -0.2) is 4.79 Å². The molecule has 0 aliphatic carbocycles. The van der Waals surface area contributed by atoms with Crippen LogP contribution in [0.1, 0.15) is 15.9 Å². The zero-order valence-corrected chi connectivity index (χ0v) is 14.5. The Labute approximate surface area is 152 Å². The molecule has 0 radical (unpaired) electrons. The summed E-state index contributed by atoms with van der Waals surface area (Å²) in [5, 5.41) is 9.43. The van der Waals surface area contributed by atoms with Crippen LogP contribution in [0.2, 0.25) is 5.02 Å². The number of halogens is 1. The molecule has 1 N–H and O–H groups in total. The minimum absolute atomic E-state index is 0.193. The van der Waals surface area contributed by atoms with Crippen molar-refractivity contribution >= 4 is 63.5 Å². The number of rotatable bonds is 3. The number of amides is 1. The third-order valence-corrected chi connectivity index (χ3v) is 4.85. The van der Waals surface area contributed by atoms with Crippen LogP contribution in [0.25, 0.3) is 6.08 Å². The minimum Gasteiger partial charge on any atom is -0.478 e. The molecule has 0 saturated carbocycles. The van der Waals surface area contributed by atoms with E-state index in [2.05, 4.69) is 0 Å². The van der Waals surface area contributed by atoms with Crippen LogP contribution in [-0.2, 0) is 4.79 Å². The van der Waals surface area contributed by atoms with Gasteiger partial charge in [-0.2, -0.15) is 0 Å². The minimum atomic E-state index is -0.992. The van der Waals surface area contributed by atoms with Crippen molar-refractivity contribution in [3.63, 3.8) is 0 Å². The van der Waals surface area contributed by atoms with Gasteiger partial charge in [0.05, 0.1) is 16.2 Å². The van der Waals surface area contributed by atoms with E-state index in [4.69, 9.17) is 28.9 Å². The normalized spacial score (nSPS) is 16.0. The molecule has 2 aromatic carbocycles. The van der Waals surface area contributed by atoms with Gasteiger partial charge in [0.25, 0.3) is 5.91 Å². The highest BCUT2D eigenvalue weighted by atomic mass is 35.5. The molecule has 2 aromatic rings. The number of thioether (sulfide) groups is 1. The summed E-state index contributed by atoms with van der Waals surface area (Å²) < 4.78 is 0.427. The Balaban J connectivity index is 1.89. The van der Waals surface area contributed by atoms with Crippen molar-refractivity contribution in [3.05, 3.63) is 69.6 Å². The Morgan fingerprint density at radius 2 is 1.92 bits per heavy atom. The summed E-state index contributed by atoms with van der Waals surface area (Å²) in [4.78, 5) is 25.4. The van der Waals surface area contributed by atoms with E-state index in [1.165, 1.54) is 28.8 Å². The van der Waals surface area contributed by atoms with Crippen LogP contribution in [0.3, 0.4) is 0 Å². The molecule has 24 heavy (non-hydrogen) atoms. The Morgan fingerprint density at radius 1 is 1.21 bits per heavy atom. The lowest BCUT2D eigenvalue weighted by Crippen LogP contribution is -2.27. The molecule has 0 unspecified atom stereocenters. The molecule has 1 fully saturated rings. The molecule has 4 nitrogen and oxygen atoms in total. The van der Waals surface area contributed by atoms with Crippen molar-refractivity contribution in [3.8, 4) is 0 Å². The molecular weight excluding hydrogens is 366 g/mol. The maximum absolute atomic E-state index is 12.6. The SMILES string of the molecule is O=C(O)c1ccc(/C=C2/SC(=S)N(c3cccc(Cl)c3)C2=O)cc1. The number of carbonyl (C=O) groups excluding carboxylic acids is 1. The highest BCUT2D eigenvalue weighted by molar-refractivity contribution is 8.27. The Bertz CT molecular complexity index is 878. The largest absolute Gasteiger partial charge is 0.478 e. The van der Waals surface area contributed by atoms with E-state index in [0.717, 1.165) is 5.56 Å². The molecule has 0 spiro atoms. The zero-order valence-electron chi connectivity index (χ0n) is 12.1. The molecule has 0 atom stereocenters. The van der Waals surface area contributed by atoms with Crippen LogP contribution in [0.5, 0.6) is 0 Å². The van der Waals surface area contributed by atoms with Crippen LogP contribution in [0.15, 0.2) is 53.4 Å². The summed E-state index contributed by atoms with van der Waals surface area (Å²) >= 11 is 12.5. The van der Waals surface area contributed by atoms with E-state index >= 15 is 0 Å². The molecule has 3 rings (SSSR count). The summed E-state index contributed by atoms with van der Waals surface area (Å²) in [5.74, 6) is -1.22. The molecule has 1 amide bonds. The second-order valence-corrected chi connectivity index (χ2v) is 7.04. The maximum atomic E-state index is 12.6. The number of nitrogens with zero attached hydrogens (tertiary/aromatic N) is 1. The van der Waals surface area contributed by atoms with Gasteiger partial charge in [0.1, 0.15) is 0 Å². The van der Waals surface area contributed by atoms with Gasteiger partial charge in [-0.15, -0.1) is 0 Å². The third kappa shape index (κ3) is 3.36. The van der Waals surface area contributed by atoms with Crippen LogP contribution in [-0.4, -0.2) is 21.3 Å². The average Bonchev–Trinajstić information content (AvgIpc) is 2.82. The fourth-order valence-corrected chi connectivity index (χ4v) is 3.66. The van der Waals surface area contributed by atoms with E-state index < -0.39 is 5.97 Å². The Kier molecular flexibility index (Phi) is 4.71. The second-order valence-electron chi connectivity index (χ2n) is 4.92. The number of aromatic carboxylic acids is 1. The smallest absolute Gasteiger partial charge is 0.335 e. The van der Waals surface area contributed by atoms with E-state index in [9.17, 15) is 9.59 Å². The van der Waals surface area contributed by atoms with Crippen molar-refractivity contribution in [1.82, 2.24) is 0 Å². The number of carboxylic acid groups (broad SMARTS) is 1. The van der Waals surface area contributed by atoms with Crippen LogP contribution >= 0.6 is 35.6 Å². The van der Waals surface area contributed by atoms with Gasteiger partial charge in [0, 0.05) is 5.02 Å². The van der Waals surface area contributed by atoms with Crippen LogP contribution in [0.4, 0.5) is 5.69 Å². The lowest BCUT2D eigenvalue weighted by molar-refractivity contribution is -0.113. The molecule has 7 heteroatoms. The Morgan fingerprint density at radius 3 is 2.54 bits per heavy atom. The van der Waals surface area contributed by atoms with Gasteiger partial charge in [0.2, 0.25) is 0 Å². The van der Waals surface area contributed by atoms with E-state index in [1.807, 2.05) is 0 Å². The lowest BCUT2D eigenvalue weighted by atomic mass is 10.1. The summed E-state index contributed by atoms with van der Waals surface area (Å²) in [6.45, 7) is 0. The lowest BCUT2D eigenvalue weighted by Gasteiger charge is -2.14. The highest BCUT2D eigenvalue weighted by Gasteiger charge is 2.33. The number of anilines is 1. The molecule has 1 saturated heterocycles. The topological polar surface area (TPSA) is 57.6 Å². The molecule has 0 aromatic heterocycles. The van der Waals surface area contributed by atoms with Crippen LogP contribution < -0.4 is 4.90 Å². The first-order chi connectivity index (χ1) is 11.5.